The van der Waals surface area contributed by atoms with Gasteiger partial charge in [0.15, 0.2) is 30.7 Å². The van der Waals surface area contributed by atoms with Gasteiger partial charge in [-0.15, -0.1) is 0 Å². The molecule has 0 saturated carbocycles. The zero-order valence-corrected chi connectivity index (χ0v) is 13.6. The van der Waals surface area contributed by atoms with Crippen molar-refractivity contribution in [1.82, 2.24) is 0 Å². The molecule has 1 heterocycles. The van der Waals surface area contributed by atoms with E-state index < -0.39 is 54.7 Å². The van der Waals surface area contributed by atoms with Crippen LogP contribution in [0.3, 0.4) is 0 Å². The lowest BCUT2D eigenvalue weighted by Crippen LogP contribution is -2.64. The molecule has 0 aliphatic carbocycles. The number of hydrogen-bond acceptors (Lipinski definition) is 10. The van der Waals surface area contributed by atoms with Crippen molar-refractivity contribution in [2.75, 3.05) is 7.11 Å². The van der Waals surface area contributed by atoms with Crippen LogP contribution in [0, 0.1) is 11.3 Å². The number of hydrogen-bond donors (Lipinski definition) is 1. The second-order valence-electron chi connectivity index (χ2n) is 5.00. The maximum absolute atomic E-state index is 11.4. The summed E-state index contributed by atoms with van der Waals surface area (Å²) in [5.41, 5.74) is 0. The van der Waals surface area contributed by atoms with E-state index in [1.165, 1.54) is 7.11 Å². The maximum atomic E-state index is 11.4. The van der Waals surface area contributed by atoms with Crippen LogP contribution in [-0.2, 0) is 38.1 Å². The van der Waals surface area contributed by atoms with Gasteiger partial charge in [0.2, 0.25) is 0 Å². The van der Waals surface area contributed by atoms with E-state index >= 15 is 0 Å². The molecular weight excluding hydrogens is 326 g/mol. The molecule has 10 nitrogen and oxygen atoms in total. The molecule has 0 bridgehead atoms. The fourth-order valence-electron chi connectivity index (χ4n) is 2.32. The minimum atomic E-state index is -1.71. The van der Waals surface area contributed by atoms with Gasteiger partial charge in [0.25, 0.3) is 0 Å². The number of nitrogens with zero attached hydrogens (tertiary/aromatic N) is 1. The molecule has 1 fully saturated rings. The number of aliphatic hydroxyl groups excluding tert-OH is 1. The van der Waals surface area contributed by atoms with E-state index in [0.29, 0.717) is 0 Å². The summed E-state index contributed by atoms with van der Waals surface area (Å²) in [5, 5.41) is 18.7. The molecule has 134 valence electrons. The van der Waals surface area contributed by atoms with Crippen molar-refractivity contribution in [2.45, 2.75) is 57.6 Å². The Morgan fingerprint density at radius 3 is 1.88 bits per heavy atom. The molecule has 1 N–H and O–H groups in total. The summed E-state index contributed by atoms with van der Waals surface area (Å²) in [7, 11) is 1.23. The lowest BCUT2D eigenvalue weighted by Gasteiger charge is -2.44. The molecule has 1 saturated heterocycles. The molecule has 1 rings (SSSR count). The van der Waals surface area contributed by atoms with Crippen LogP contribution in [-0.4, -0.2) is 66.9 Å². The lowest BCUT2D eigenvalue weighted by atomic mass is 9.95. The average Bonchev–Trinajstić information content (AvgIpc) is 2.48. The Morgan fingerprint density at radius 1 is 1.00 bits per heavy atom. The highest BCUT2D eigenvalue weighted by Crippen LogP contribution is 2.30. The maximum Gasteiger partial charge on any atom is 0.303 e. The van der Waals surface area contributed by atoms with Crippen molar-refractivity contribution >= 4 is 17.9 Å². The van der Waals surface area contributed by atoms with Gasteiger partial charge in [0, 0.05) is 27.9 Å². The topological polar surface area (TPSA) is 141 Å². The number of aliphatic hydroxyl groups is 1. The first kappa shape index (κ1) is 19.8. The number of nitriles is 1. The molecule has 1 aliphatic rings. The minimum Gasteiger partial charge on any atom is -0.455 e. The van der Waals surface area contributed by atoms with Crippen LogP contribution < -0.4 is 0 Å². The van der Waals surface area contributed by atoms with Gasteiger partial charge < -0.3 is 28.8 Å². The van der Waals surface area contributed by atoms with Gasteiger partial charge in [0.05, 0.1) is 6.07 Å². The largest absolute Gasteiger partial charge is 0.455 e. The van der Waals surface area contributed by atoms with Crippen LogP contribution in [0.4, 0.5) is 0 Å². The van der Waals surface area contributed by atoms with Crippen molar-refractivity contribution in [3.63, 3.8) is 0 Å². The first-order valence-corrected chi connectivity index (χ1v) is 6.98. The Bertz CT molecular complexity index is 529. The summed E-state index contributed by atoms with van der Waals surface area (Å²) >= 11 is 0. The van der Waals surface area contributed by atoms with E-state index in [9.17, 15) is 19.5 Å². The number of rotatable bonds is 5. The second-order valence-corrected chi connectivity index (χ2v) is 5.00. The summed E-state index contributed by atoms with van der Waals surface area (Å²) in [4.78, 5) is 34.1. The van der Waals surface area contributed by atoms with Crippen molar-refractivity contribution in [2.24, 2.45) is 0 Å². The fourth-order valence-corrected chi connectivity index (χ4v) is 2.32. The molecule has 6 atom stereocenters. The van der Waals surface area contributed by atoms with Gasteiger partial charge in [-0.25, -0.2) is 0 Å². The van der Waals surface area contributed by atoms with Crippen LogP contribution in [0.5, 0.6) is 0 Å². The van der Waals surface area contributed by atoms with Crippen LogP contribution in [0.15, 0.2) is 0 Å². The number of esters is 3. The number of ether oxygens (including phenoxy) is 5. The third kappa shape index (κ3) is 4.89. The monoisotopic (exact) mass is 345 g/mol. The predicted molar refractivity (Wildman–Crippen MR) is 74.0 cm³/mol. The quantitative estimate of drug-likeness (QED) is 0.376. The average molecular weight is 345 g/mol. The van der Waals surface area contributed by atoms with Gasteiger partial charge in [0.1, 0.15) is 6.10 Å². The van der Waals surface area contributed by atoms with Crippen LogP contribution in [0.25, 0.3) is 0 Å². The van der Waals surface area contributed by atoms with Gasteiger partial charge in [-0.2, -0.15) is 5.26 Å². The molecule has 0 unspecified atom stereocenters. The van der Waals surface area contributed by atoms with Crippen LogP contribution in [0.2, 0.25) is 0 Å². The Balaban J connectivity index is 3.29. The van der Waals surface area contributed by atoms with E-state index in [1.807, 2.05) is 0 Å². The van der Waals surface area contributed by atoms with Crippen LogP contribution >= 0.6 is 0 Å². The zero-order valence-electron chi connectivity index (χ0n) is 13.6. The van der Waals surface area contributed by atoms with E-state index in [1.54, 1.807) is 6.07 Å². The van der Waals surface area contributed by atoms with E-state index in [2.05, 4.69) is 0 Å². The highest BCUT2D eigenvalue weighted by molar-refractivity contribution is 5.68. The van der Waals surface area contributed by atoms with Gasteiger partial charge in [-0.3, -0.25) is 14.4 Å². The van der Waals surface area contributed by atoms with E-state index in [-0.39, 0.29) is 0 Å². The Morgan fingerprint density at radius 2 is 1.46 bits per heavy atom. The smallest absolute Gasteiger partial charge is 0.303 e. The van der Waals surface area contributed by atoms with Crippen molar-refractivity contribution < 1.29 is 43.2 Å². The molecule has 0 spiro atoms. The Labute approximate surface area is 138 Å². The predicted octanol–water partition coefficient (Wildman–Crippen LogP) is -0.963. The third-order valence-electron chi connectivity index (χ3n) is 3.11. The number of carbonyl (C=O) groups excluding carboxylic acids is 3. The molecule has 24 heavy (non-hydrogen) atoms. The summed E-state index contributed by atoms with van der Waals surface area (Å²) < 4.78 is 25.6. The van der Waals surface area contributed by atoms with Gasteiger partial charge in [-0.1, -0.05) is 0 Å². The molecular formula is C14H19NO9. The third-order valence-corrected chi connectivity index (χ3v) is 3.11. The second kappa shape index (κ2) is 8.58. The van der Waals surface area contributed by atoms with Crippen molar-refractivity contribution in [3.05, 3.63) is 0 Å². The zero-order chi connectivity index (χ0) is 18.4. The molecule has 10 heteroatoms. The highest BCUT2D eigenvalue weighted by atomic mass is 16.7. The highest BCUT2D eigenvalue weighted by Gasteiger charge is 2.54. The summed E-state index contributed by atoms with van der Waals surface area (Å²) in [6, 6.07) is 1.55. The molecule has 0 aromatic heterocycles. The minimum absolute atomic E-state index is 0.719. The Hall–Kier alpha value is -2.22. The Kier molecular flexibility index (Phi) is 7.09. The molecule has 0 amide bonds. The summed E-state index contributed by atoms with van der Waals surface area (Å²) in [6.45, 7) is 3.31. The molecule has 0 aromatic carbocycles. The first-order valence-electron chi connectivity index (χ1n) is 6.98. The summed E-state index contributed by atoms with van der Waals surface area (Å²) in [6.07, 6.45) is -8.30. The fraction of sp³-hybridized carbons (Fsp3) is 0.714. The van der Waals surface area contributed by atoms with Gasteiger partial charge in [-0.05, 0) is 0 Å². The van der Waals surface area contributed by atoms with Crippen molar-refractivity contribution in [3.8, 4) is 6.07 Å². The normalized spacial score (nSPS) is 30.6. The summed E-state index contributed by atoms with van der Waals surface area (Å²) in [5.74, 6) is -2.24. The number of methoxy groups -OCH3 is 1. The van der Waals surface area contributed by atoms with Crippen LogP contribution in [0.1, 0.15) is 20.8 Å². The molecule has 0 aromatic rings. The molecule has 1 aliphatic heterocycles. The van der Waals surface area contributed by atoms with E-state index in [0.717, 1.165) is 20.8 Å². The standard InChI is InChI=1S/C14H19NO9/c1-6(16)21-11-10(9(19)5-15)24-14(20-4)13(23-8(3)18)12(11)22-7(2)17/h9-14,19H,1-4H3/t9-,10-,11-,12+,13-,14+/m1/s1. The SMILES string of the molecule is CO[C@H]1O[C@H]([C@H](O)C#N)[C@@H](OC(C)=O)[C@H](OC(C)=O)[C@H]1OC(C)=O. The molecule has 0 radical (unpaired) electrons. The number of carbonyl (C=O) groups is 3. The van der Waals surface area contributed by atoms with E-state index in [4.69, 9.17) is 28.9 Å². The first-order chi connectivity index (χ1) is 11.2. The van der Waals surface area contributed by atoms with Gasteiger partial charge >= 0.3 is 17.9 Å². The lowest BCUT2D eigenvalue weighted by molar-refractivity contribution is -0.306. The van der Waals surface area contributed by atoms with Crippen molar-refractivity contribution in [1.29, 1.82) is 5.26 Å².